The number of hydrogen-bond donors (Lipinski definition) is 0. The fourth-order valence-corrected chi connectivity index (χ4v) is 0.763. The van der Waals surface area contributed by atoms with Crippen molar-refractivity contribution in [2.24, 2.45) is 4.99 Å². The lowest BCUT2D eigenvalue weighted by Gasteiger charge is -1.94. The Morgan fingerprint density at radius 3 is 2.25 bits per heavy atom. The number of aliphatic imine (C=N–C) groups is 1. The highest BCUT2D eigenvalue weighted by Gasteiger charge is 2.14. The molecule has 0 unspecified atom stereocenters. The predicted molar refractivity (Wildman–Crippen MR) is 63.1 cm³/mol. The van der Waals surface area contributed by atoms with Gasteiger partial charge < -0.3 is 0 Å². The van der Waals surface area contributed by atoms with Crippen LogP contribution in [0.2, 0.25) is 0 Å². The summed E-state index contributed by atoms with van der Waals surface area (Å²) in [5.41, 5.74) is -0.225. The first kappa shape index (κ1) is 16.4. The van der Waals surface area contributed by atoms with Crippen LogP contribution in [-0.4, -0.2) is 11.0 Å². The first-order valence-electron chi connectivity index (χ1n) is 4.89. The second-order valence-electron chi connectivity index (χ2n) is 2.21. The van der Waals surface area contributed by atoms with E-state index in [2.05, 4.69) is 4.99 Å². The Morgan fingerprint density at radius 2 is 1.94 bits per heavy atom. The van der Waals surface area contributed by atoms with Crippen LogP contribution >= 0.6 is 0 Å². The maximum absolute atomic E-state index is 10.5. The van der Waals surface area contributed by atoms with E-state index >= 15 is 0 Å². The van der Waals surface area contributed by atoms with Crippen molar-refractivity contribution >= 4 is 6.08 Å². The molecule has 0 saturated carbocycles. The molecule has 0 aromatic carbocycles. The average Bonchev–Trinajstić information content (AvgIpc) is 2.29. The highest BCUT2D eigenvalue weighted by molar-refractivity contribution is 5.42. The zero-order valence-corrected chi connectivity index (χ0v) is 9.93. The van der Waals surface area contributed by atoms with Gasteiger partial charge in [0.2, 0.25) is 6.08 Å². The summed E-state index contributed by atoms with van der Waals surface area (Å²) in [6, 6.07) is 0. The number of nitro groups is 1. The molecule has 0 rings (SSSR count). The van der Waals surface area contributed by atoms with Crippen LogP contribution in [0.25, 0.3) is 0 Å². The van der Waals surface area contributed by atoms with Crippen LogP contribution in [-0.2, 0) is 4.79 Å². The van der Waals surface area contributed by atoms with Gasteiger partial charge in [0.15, 0.2) is 5.70 Å². The highest BCUT2D eigenvalue weighted by Crippen LogP contribution is 2.11. The van der Waals surface area contributed by atoms with Gasteiger partial charge in [-0.2, -0.15) is 4.99 Å². The maximum Gasteiger partial charge on any atom is 0.291 e. The lowest BCUT2D eigenvalue weighted by Crippen LogP contribution is -2.00. The van der Waals surface area contributed by atoms with Gasteiger partial charge in [-0.3, -0.25) is 10.1 Å². The van der Waals surface area contributed by atoms with E-state index in [0.717, 1.165) is 0 Å². The molecule has 0 N–H and O–H groups in total. The Bertz CT molecular complexity index is 348. The molecule has 5 heteroatoms. The van der Waals surface area contributed by atoms with Crippen LogP contribution in [0.1, 0.15) is 27.7 Å². The molecule has 0 bridgehead atoms. The van der Waals surface area contributed by atoms with Crippen molar-refractivity contribution in [3.8, 4) is 0 Å². The quantitative estimate of drug-likeness (QED) is 0.242. The van der Waals surface area contributed by atoms with Crippen molar-refractivity contribution in [1.29, 1.82) is 0 Å². The van der Waals surface area contributed by atoms with Gasteiger partial charge in [0, 0.05) is 0 Å². The standard InChI is InChI=1S/C9H10N2O3.C2H6/c1-3-5-6-8(10-7-12)9(4-2)11(13)14;1-2/h3-6H,1-2H3;1-2H3/b5-3-,8-6+,9-4+;. The van der Waals surface area contributed by atoms with Crippen LogP contribution in [0, 0.1) is 10.1 Å². The van der Waals surface area contributed by atoms with Gasteiger partial charge in [-0.1, -0.05) is 26.0 Å². The number of carbonyl (C=O) groups excluding carboxylic acids is 1. The third-order valence-electron chi connectivity index (χ3n) is 1.35. The SMILES string of the molecule is CC.C\C=C/C=C(N=C=O)\C(=C/C)[N+](=O)[O-]. The molecule has 88 valence electrons. The molecule has 0 radical (unpaired) electrons. The smallest absolute Gasteiger partial charge is 0.258 e. The zero-order chi connectivity index (χ0) is 13.0. The Labute approximate surface area is 95.0 Å². The summed E-state index contributed by atoms with van der Waals surface area (Å²) in [4.78, 5) is 23.2. The third kappa shape index (κ3) is 6.45. The number of hydrogen-bond acceptors (Lipinski definition) is 4. The van der Waals surface area contributed by atoms with Crippen molar-refractivity contribution in [2.75, 3.05) is 0 Å². The van der Waals surface area contributed by atoms with Gasteiger partial charge >= 0.3 is 0 Å². The Kier molecular flexibility index (Phi) is 11.4. The third-order valence-corrected chi connectivity index (χ3v) is 1.35. The molecule has 0 saturated heterocycles. The van der Waals surface area contributed by atoms with Gasteiger partial charge in [-0.15, -0.1) is 0 Å². The van der Waals surface area contributed by atoms with Crippen molar-refractivity contribution in [3.63, 3.8) is 0 Å². The van der Waals surface area contributed by atoms with Gasteiger partial charge in [0.05, 0.1) is 4.92 Å². The lowest BCUT2D eigenvalue weighted by molar-refractivity contribution is -0.421. The Hall–Kier alpha value is -2.00. The number of allylic oxidation sites excluding steroid dienone is 4. The van der Waals surface area contributed by atoms with Crippen LogP contribution in [0.3, 0.4) is 0 Å². The van der Waals surface area contributed by atoms with Crippen molar-refractivity contribution in [2.45, 2.75) is 27.7 Å². The summed E-state index contributed by atoms with van der Waals surface area (Å²) in [5, 5.41) is 10.5. The molecule has 0 aliphatic rings. The predicted octanol–water partition coefficient (Wildman–Crippen LogP) is 2.99. The summed E-state index contributed by atoms with van der Waals surface area (Å²) in [7, 11) is 0. The van der Waals surface area contributed by atoms with E-state index in [4.69, 9.17) is 0 Å². The molecule has 5 nitrogen and oxygen atoms in total. The summed E-state index contributed by atoms with van der Waals surface area (Å²) in [6.07, 6.45) is 7.16. The van der Waals surface area contributed by atoms with Crippen LogP contribution in [0.15, 0.2) is 40.7 Å². The summed E-state index contributed by atoms with van der Waals surface area (Å²) in [5.74, 6) is 0. The van der Waals surface area contributed by atoms with Crippen molar-refractivity contribution < 1.29 is 9.72 Å². The molecule has 0 atom stereocenters. The minimum Gasteiger partial charge on any atom is -0.258 e. The largest absolute Gasteiger partial charge is 0.291 e. The number of isocyanates is 1. The molecule has 0 aromatic heterocycles. The zero-order valence-electron chi connectivity index (χ0n) is 9.93. The number of rotatable bonds is 4. The molecule has 0 amide bonds. The van der Waals surface area contributed by atoms with Crippen molar-refractivity contribution in [3.05, 3.63) is 45.8 Å². The maximum atomic E-state index is 10.5. The molecular formula is C11H16N2O3. The van der Waals surface area contributed by atoms with Crippen LogP contribution in [0.5, 0.6) is 0 Å². The van der Waals surface area contributed by atoms with E-state index in [-0.39, 0.29) is 11.4 Å². The van der Waals surface area contributed by atoms with E-state index in [9.17, 15) is 14.9 Å². The molecule has 16 heavy (non-hydrogen) atoms. The summed E-state index contributed by atoms with van der Waals surface area (Å²) in [6.45, 7) is 7.25. The molecule has 0 fully saturated rings. The van der Waals surface area contributed by atoms with E-state index in [1.165, 1.54) is 25.2 Å². The first-order chi connectivity index (χ1) is 7.67. The van der Waals surface area contributed by atoms with Gasteiger partial charge in [0.1, 0.15) is 0 Å². The van der Waals surface area contributed by atoms with Gasteiger partial charge in [-0.25, -0.2) is 4.79 Å². The minimum absolute atomic E-state index is 0.00870. The molecule has 0 aliphatic heterocycles. The molecule has 0 heterocycles. The van der Waals surface area contributed by atoms with Gasteiger partial charge in [0.25, 0.3) is 5.70 Å². The molecule has 0 aliphatic carbocycles. The van der Waals surface area contributed by atoms with Crippen molar-refractivity contribution in [1.82, 2.24) is 0 Å². The molecule has 0 aromatic rings. The fourth-order valence-electron chi connectivity index (χ4n) is 0.763. The summed E-state index contributed by atoms with van der Waals surface area (Å²) >= 11 is 0. The minimum atomic E-state index is -0.601. The van der Waals surface area contributed by atoms with Crippen LogP contribution < -0.4 is 0 Å². The Morgan fingerprint density at radius 1 is 1.38 bits per heavy atom. The van der Waals surface area contributed by atoms with Gasteiger partial charge in [-0.05, 0) is 26.0 Å². The topological polar surface area (TPSA) is 72.6 Å². The highest BCUT2D eigenvalue weighted by atomic mass is 16.6. The Balaban J connectivity index is 0. The molecule has 0 spiro atoms. The summed E-state index contributed by atoms with van der Waals surface area (Å²) < 4.78 is 0. The monoisotopic (exact) mass is 224 g/mol. The number of nitrogens with zero attached hydrogens (tertiary/aromatic N) is 2. The second-order valence-corrected chi connectivity index (χ2v) is 2.21. The van der Waals surface area contributed by atoms with E-state index < -0.39 is 4.92 Å². The lowest BCUT2D eigenvalue weighted by atomic mass is 10.3. The average molecular weight is 224 g/mol. The first-order valence-corrected chi connectivity index (χ1v) is 4.89. The van der Waals surface area contributed by atoms with E-state index in [1.807, 2.05) is 13.8 Å². The normalized spacial score (nSPS) is 11.5. The van der Waals surface area contributed by atoms with Crippen LogP contribution in [0.4, 0.5) is 0 Å². The molecular weight excluding hydrogens is 208 g/mol. The second kappa shape index (κ2) is 11.1. The van der Waals surface area contributed by atoms with E-state index in [1.54, 1.807) is 19.1 Å². The fraction of sp³-hybridized carbons (Fsp3) is 0.364. The van der Waals surface area contributed by atoms with E-state index in [0.29, 0.717) is 0 Å².